The second-order valence-corrected chi connectivity index (χ2v) is 8.18. The van der Waals surface area contributed by atoms with Gasteiger partial charge >= 0.3 is 5.97 Å². The molecule has 10 heteroatoms. The number of nitro groups is 1. The molecule has 0 radical (unpaired) electrons. The molecule has 1 aromatic carbocycles. The molecule has 0 N–H and O–H groups in total. The average Bonchev–Trinajstić information content (AvgIpc) is 2.54. The van der Waals surface area contributed by atoms with Gasteiger partial charge in [-0.1, -0.05) is 18.5 Å². The highest BCUT2D eigenvalue weighted by molar-refractivity contribution is 7.89. The number of nitro benzene ring substituents is 1. The van der Waals surface area contributed by atoms with Crippen molar-refractivity contribution in [2.24, 2.45) is 0 Å². The summed E-state index contributed by atoms with van der Waals surface area (Å²) in [5.41, 5.74) is -0.300. The second kappa shape index (κ2) is 8.11. The Morgan fingerprint density at radius 2 is 2.16 bits per heavy atom. The van der Waals surface area contributed by atoms with Crippen molar-refractivity contribution in [3.05, 3.63) is 33.3 Å². The van der Waals surface area contributed by atoms with Crippen LogP contribution in [0, 0.1) is 10.1 Å². The number of hydrogen-bond donors (Lipinski definition) is 0. The smallest absolute Gasteiger partial charge is 0.329 e. The maximum Gasteiger partial charge on any atom is 0.329 e. The topological polar surface area (TPSA) is 107 Å². The van der Waals surface area contributed by atoms with Crippen LogP contribution in [0.2, 0.25) is 5.02 Å². The van der Waals surface area contributed by atoms with Gasteiger partial charge in [0.1, 0.15) is 16.8 Å². The van der Waals surface area contributed by atoms with Gasteiger partial charge in [-0.25, -0.2) is 13.2 Å². The Balaban J connectivity index is 2.18. The molecule has 0 aromatic heterocycles. The fraction of sp³-hybridized carbons (Fsp3) is 0.533. The van der Waals surface area contributed by atoms with E-state index in [4.69, 9.17) is 16.3 Å². The van der Waals surface area contributed by atoms with Gasteiger partial charge in [0.05, 0.1) is 10.7 Å². The van der Waals surface area contributed by atoms with Gasteiger partial charge in [0.25, 0.3) is 5.69 Å². The summed E-state index contributed by atoms with van der Waals surface area (Å²) >= 11 is 5.80. The van der Waals surface area contributed by atoms with Crippen LogP contribution >= 0.6 is 11.6 Å². The van der Waals surface area contributed by atoms with Gasteiger partial charge in [-0.05, 0) is 31.7 Å². The van der Waals surface area contributed by atoms with Crippen molar-refractivity contribution in [1.29, 1.82) is 0 Å². The SMILES string of the molecule is CCCS(=O)(=O)N1CCCCC1C(=O)Oc1ccc([N+](=O)[O-])c(Cl)c1. The predicted octanol–water partition coefficient (Wildman–Crippen LogP) is 2.75. The highest BCUT2D eigenvalue weighted by Crippen LogP contribution is 2.29. The van der Waals surface area contributed by atoms with E-state index in [1.807, 2.05) is 0 Å². The van der Waals surface area contributed by atoms with Crippen molar-refractivity contribution in [2.75, 3.05) is 12.3 Å². The number of rotatable bonds is 6. The molecule has 1 atom stereocenters. The standard InChI is InChI=1S/C15H19ClN2O6S/c1-2-9-25(22,23)17-8-4-3-5-14(17)15(19)24-11-6-7-13(18(20)21)12(16)10-11/h6-7,10,14H,2-5,8-9H2,1H3. The molecule has 8 nitrogen and oxygen atoms in total. The molecule has 1 aliphatic heterocycles. The van der Waals surface area contributed by atoms with Crippen molar-refractivity contribution in [2.45, 2.75) is 38.6 Å². The Hall–Kier alpha value is -1.71. The van der Waals surface area contributed by atoms with Crippen LogP contribution in [0.25, 0.3) is 0 Å². The molecule has 1 heterocycles. The summed E-state index contributed by atoms with van der Waals surface area (Å²) < 4.78 is 31.1. The van der Waals surface area contributed by atoms with E-state index in [0.717, 1.165) is 12.5 Å². The number of esters is 1. The Morgan fingerprint density at radius 1 is 1.44 bits per heavy atom. The molecule has 1 unspecified atom stereocenters. The number of sulfonamides is 1. The third-order valence-corrected chi connectivity index (χ3v) is 6.26. The van der Waals surface area contributed by atoms with Crippen LogP contribution in [0.15, 0.2) is 18.2 Å². The third-order valence-electron chi connectivity index (χ3n) is 3.88. The summed E-state index contributed by atoms with van der Waals surface area (Å²) in [6.45, 7) is 2.04. The Labute approximate surface area is 150 Å². The van der Waals surface area contributed by atoms with E-state index in [2.05, 4.69) is 0 Å². The molecule has 0 aliphatic carbocycles. The van der Waals surface area contributed by atoms with E-state index in [9.17, 15) is 23.3 Å². The van der Waals surface area contributed by atoms with E-state index in [1.165, 1.54) is 16.4 Å². The monoisotopic (exact) mass is 390 g/mol. The molecular weight excluding hydrogens is 372 g/mol. The van der Waals surface area contributed by atoms with Crippen LogP contribution in [-0.2, 0) is 14.8 Å². The van der Waals surface area contributed by atoms with E-state index in [0.29, 0.717) is 19.3 Å². The minimum atomic E-state index is -3.53. The van der Waals surface area contributed by atoms with Crippen LogP contribution in [0.3, 0.4) is 0 Å². The number of ether oxygens (including phenoxy) is 1. The summed E-state index contributed by atoms with van der Waals surface area (Å²) in [5.74, 6) is -0.691. The minimum Gasteiger partial charge on any atom is -0.425 e. The van der Waals surface area contributed by atoms with Crippen LogP contribution in [0.5, 0.6) is 5.75 Å². The van der Waals surface area contributed by atoms with Crippen LogP contribution in [0.4, 0.5) is 5.69 Å². The lowest BCUT2D eigenvalue weighted by Gasteiger charge is -2.32. The van der Waals surface area contributed by atoms with Crippen molar-refractivity contribution in [3.63, 3.8) is 0 Å². The zero-order chi connectivity index (χ0) is 18.6. The number of piperidine rings is 1. The zero-order valence-electron chi connectivity index (χ0n) is 13.7. The first kappa shape index (κ1) is 19.6. The summed E-state index contributed by atoms with van der Waals surface area (Å²) in [6, 6.07) is 2.68. The van der Waals surface area contributed by atoms with Crippen molar-refractivity contribution >= 4 is 33.3 Å². The minimum absolute atomic E-state index is 0.0276. The van der Waals surface area contributed by atoms with Gasteiger partial charge in [-0.3, -0.25) is 10.1 Å². The number of hydrogen-bond acceptors (Lipinski definition) is 6. The van der Waals surface area contributed by atoms with E-state index < -0.39 is 27.0 Å². The number of carbonyl (C=O) groups is 1. The Bertz CT molecular complexity index is 767. The van der Waals surface area contributed by atoms with Crippen LogP contribution in [-0.4, -0.2) is 42.0 Å². The molecular formula is C15H19ClN2O6S. The normalized spacial score (nSPS) is 18.7. The highest BCUT2D eigenvalue weighted by atomic mass is 35.5. The number of benzene rings is 1. The van der Waals surface area contributed by atoms with Crippen molar-refractivity contribution in [3.8, 4) is 5.75 Å². The molecule has 0 bridgehead atoms. The second-order valence-electron chi connectivity index (χ2n) is 5.73. The summed E-state index contributed by atoms with van der Waals surface area (Å²) in [4.78, 5) is 22.6. The first-order valence-electron chi connectivity index (χ1n) is 7.91. The fourth-order valence-corrected chi connectivity index (χ4v) is 4.71. The van der Waals surface area contributed by atoms with E-state index in [-0.39, 0.29) is 28.8 Å². The summed E-state index contributed by atoms with van der Waals surface area (Å²) in [5, 5.41) is 10.6. The van der Waals surface area contributed by atoms with E-state index >= 15 is 0 Å². The van der Waals surface area contributed by atoms with Gasteiger partial charge in [-0.15, -0.1) is 0 Å². The molecule has 0 spiro atoms. The highest BCUT2D eigenvalue weighted by Gasteiger charge is 2.37. The average molecular weight is 391 g/mol. The van der Waals surface area contributed by atoms with Crippen molar-refractivity contribution in [1.82, 2.24) is 4.31 Å². The quantitative estimate of drug-likeness (QED) is 0.320. The first-order chi connectivity index (χ1) is 11.8. The van der Waals surface area contributed by atoms with Gasteiger partial charge in [-0.2, -0.15) is 4.31 Å². The molecule has 0 saturated carbocycles. The largest absolute Gasteiger partial charge is 0.425 e. The molecule has 1 fully saturated rings. The summed E-state index contributed by atoms with van der Waals surface area (Å²) in [7, 11) is -3.53. The lowest BCUT2D eigenvalue weighted by atomic mass is 10.1. The van der Waals surface area contributed by atoms with Gasteiger partial charge in [0, 0.05) is 18.7 Å². The number of nitrogens with zero attached hydrogens (tertiary/aromatic N) is 2. The maximum atomic E-state index is 12.5. The Kier molecular flexibility index (Phi) is 6.36. The molecule has 25 heavy (non-hydrogen) atoms. The number of carbonyl (C=O) groups excluding carboxylic acids is 1. The molecule has 0 amide bonds. The lowest BCUT2D eigenvalue weighted by Crippen LogP contribution is -2.50. The first-order valence-corrected chi connectivity index (χ1v) is 9.90. The zero-order valence-corrected chi connectivity index (χ0v) is 15.3. The van der Waals surface area contributed by atoms with Gasteiger partial charge in [0.15, 0.2) is 0 Å². The Morgan fingerprint density at radius 3 is 2.76 bits per heavy atom. The van der Waals surface area contributed by atoms with Gasteiger partial charge < -0.3 is 4.74 Å². The molecule has 2 rings (SSSR count). The molecule has 1 aromatic rings. The van der Waals surface area contributed by atoms with E-state index in [1.54, 1.807) is 6.92 Å². The predicted molar refractivity (Wildman–Crippen MR) is 92.2 cm³/mol. The van der Waals surface area contributed by atoms with Crippen LogP contribution < -0.4 is 4.74 Å². The lowest BCUT2D eigenvalue weighted by molar-refractivity contribution is -0.384. The molecule has 1 saturated heterocycles. The van der Waals surface area contributed by atoms with Crippen molar-refractivity contribution < 1.29 is 22.9 Å². The molecule has 1 aliphatic rings. The third kappa shape index (κ3) is 4.68. The maximum absolute atomic E-state index is 12.5. The van der Waals surface area contributed by atoms with Gasteiger partial charge in [0.2, 0.25) is 10.0 Å². The molecule has 138 valence electrons. The fourth-order valence-electron chi connectivity index (χ4n) is 2.73. The van der Waals surface area contributed by atoms with Crippen LogP contribution in [0.1, 0.15) is 32.6 Å². The summed E-state index contributed by atoms with van der Waals surface area (Å²) in [6.07, 6.45) is 2.25. The number of halogens is 1.